The molecule has 0 radical (unpaired) electrons. The van der Waals surface area contributed by atoms with Crippen LogP contribution >= 0.6 is 0 Å². The first-order valence-corrected chi connectivity index (χ1v) is 14.6. The van der Waals surface area contributed by atoms with Crippen molar-refractivity contribution in [1.82, 2.24) is 0 Å². The molecule has 0 N–H and O–H groups in total. The van der Waals surface area contributed by atoms with Gasteiger partial charge in [0.2, 0.25) is 0 Å². The van der Waals surface area contributed by atoms with Crippen LogP contribution in [0.15, 0.2) is 12.1 Å². The van der Waals surface area contributed by atoms with Crippen LogP contribution in [0.25, 0.3) is 0 Å². The van der Waals surface area contributed by atoms with Crippen LogP contribution in [0.1, 0.15) is 50.7 Å². The lowest BCUT2D eigenvalue weighted by Crippen LogP contribution is -2.60. The molecular weight excluding hydrogens is 645 g/mol. The first-order chi connectivity index (χ1) is 20.2. The number of benzene rings is 1. The SMILES string of the molecule is COc1cc(C(C)OC(=O)CCCC[Si](OC)(OC)OC)c([N+](=O)[O-])cc1OCCCC(F)(F)C(F)(F)C(F)(F)C(F)(F)F. The summed E-state index contributed by atoms with van der Waals surface area (Å²) in [6, 6.07) is 2.20. The number of alkyl halides is 9. The maximum atomic E-state index is 13.8. The Morgan fingerprint density at radius 2 is 1.45 bits per heavy atom. The van der Waals surface area contributed by atoms with Gasteiger partial charge in [0.1, 0.15) is 6.10 Å². The van der Waals surface area contributed by atoms with Crippen LogP contribution in [0.5, 0.6) is 11.5 Å². The van der Waals surface area contributed by atoms with E-state index < -0.39 is 80.6 Å². The second kappa shape index (κ2) is 15.4. The molecular formula is C24H32F9NO9Si. The molecule has 0 aliphatic rings. The number of methoxy groups -OCH3 is 1. The van der Waals surface area contributed by atoms with E-state index in [0.717, 1.165) is 19.2 Å². The second-order valence-electron chi connectivity index (χ2n) is 9.26. The number of hydrogen-bond acceptors (Lipinski definition) is 9. The smallest absolute Gasteiger partial charge is 0.493 e. The van der Waals surface area contributed by atoms with Crippen LogP contribution in [-0.2, 0) is 22.8 Å². The van der Waals surface area contributed by atoms with Crippen molar-refractivity contribution < 1.29 is 76.7 Å². The van der Waals surface area contributed by atoms with E-state index in [1.807, 2.05) is 0 Å². The molecule has 0 aliphatic carbocycles. The van der Waals surface area contributed by atoms with Crippen molar-refractivity contribution in [3.8, 4) is 11.5 Å². The predicted molar refractivity (Wildman–Crippen MR) is 135 cm³/mol. The Hall–Kier alpha value is -2.84. The fourth-order valence-electron chi connectivity index (χ4n) is 3.85. The quantitative estimate of drug-likeness (QED) is 0.0386. The van der Waals surface area contributed by atoms with Gasteiger partial charge in [-0.3, -0.25) is 14.9 Å². The van der Waals surface area contributed by atoms with E-state index in [2.05, 4.69) is 0 Å². The zero-order chi connectivity index (χ0) is 34.1. The number of carbonyl (C=O) groups excluding carboxylic acids is 1. The Morgan fingerprint density at radius 3 is 1.93 bits per heavy atom. The summed E-state index contributed by atoms with van der Waals surface area (Å²) in [5.41, 5.74) is -0.850. The third-order valence-corrected chi connectivity index (χ3v) is 9.24. The molecule has 0 saturated carbocycles. The molecule has 1 aromatic carbocycles. The number of hydrogen-bond donors (Lipinski definition) is 0. The molecule has 1 rings (SSSR count). The Morgan fingerprint density at radius 1 is 0.886 bits per heavy atom. The molecule has 44 heavy (non-hydrogen) atoms. The second-order valence-corrected chi connectivity index (χ2v) is 12.3. The van der Waals surface area contributed by atoms with Gasteiger partial charge in [-0.25, -0.2) is 0 Å². The number of unbranched alkanes of at least 4 members (excludes halogenated alkanes) is 1. The Kier molecular flexibility index (Phi) is 13.7. The third-order valence-electron chi connectivity index (χ3n) is 6.41. The van der Waals surface area contributed by atoms with Crippen molar-refractivity contribution in [2.24, 2.45) is 0 Å². The summed E-state index contributed by atoms with van der Waals surface area (Å²) in [4.78, 5) is 23.1. The van der Waals surface area contributed by atoms with Crippen LogP contribution in [0.4, 0.5) is 45.2 Å². The minimum Gasteiger partial charge on any atom is -0.493 e. The average Bonchev–Trinajstić information content (AvgIpc) is 2.94. The summed E-state index contributed by atoms with van der Waals surface area (Å²) in [5, 5.41) is 11.7. The summed E-state index contributed by atoms with van der Waals surface area (Å²) in [6.07, 6.45) is -10.7. The van der Waals surface area contributed by atoms with Gasteiger partial charge in [0.05, 0.1) is 30.3 Å². The number of nitrogens with zero attached hydrogens (tertiary/aromatic N) is 1. The molecule has 254 valence electrons. The van der Waals surface area contributed by atoms with Crippen molar-refractivity contribution in [2.45, 2.75) is 75.1 Å². The van der Waals surface area contributed by atoms with E-state index in [1.165, 1.54) is 28.3 Å². The lowest BCUT2D eigenvalue weighted by molar-refractivity contribution is -0.396. The number of ether oxygens (including phenoxy) is 3. The average molecular weight is 678 g/mol. The predicted octanol–water partition coefficient (Wildman–Crippen LogP) is 6.88. The lowest BCUT2D eigenvalue weighted by Gasteiger charge is -2.33. The van der Waals surface area contributed by atoms with E-state index in [-0.39, 0.29) is 17.7 Å². The largest absolute Gasteiger partial charge is 0.500 e. The number of rotatable bonds is 19. The minimum absolute atomic E-state index is 0.0727. The molecule has 0 aromatic heterocycles. The number of nitro groups is 1. The molecule has 1 atom stereocenters. The van der Waals surface area contributed by atoms with Crippen LogP contribution in [-0.4, -0.2) is 78.7 Å². The van der Waals surface area contributed by atoms with E-state index in [4.69, 9.17) is 27.5 Å². The van der Waals surface area contributed by atoms with E-state index in [9.17, 15) is 54.4 Å². The molecule has 0 saturated heterocycles. The fraction of sp³-hybridized carbons (Fsp3) is 0.708. The maximum absolute atomic E-state index is 13.8. The molecule has 0 amide bonds. The zero-order valence-corrected chi connectivity index (χ0v) is 25.2. The first-order valence-electron chi connectivity index (χ1n) is 12.7. The van der Waals surface area contributed by atoms with Crippen LogP contribution in [0, 0.1) is 10.1 Å². The van der Waals surface area contributed by atoms with E-state index in [0.29, 0.717) is 18.9 Å². The minimum atomic E-state index is -7.02. The summed E-state index contributed by atoms with van der Waals surface area (Å²) in [6.45, 7) is 0.359. The van der Waals surface area contributed by atoms with Gasteiger partial charge >= 0.3 is 38.7 Å². The highest BCUT2D eigenvalue weighted by Crippen LogP contribution is 2.54. The molecule has 0 spiro atoms. The Bertz CT molecular complexity index is 1110. The van der Waals surface area contributed by atoms with Gasteiger partial charge in [-0.2, -0.15) is 39.5 Å². The highest BCUT2D eigenvalue weighted by atomic mass is 28.4. The van der Waals surface area contributed by atoms with Crippen LogP contribution in [0.3, 0.4) is 0 Å². The van der Waals surface area contributed by atoms with Gasteiger partial charge in [0.15, 0.2) is 11.5 Å². The van der Waals surface area contributed by atoms with Gasteiger partial charge in [-0.1, -0.05) is 0 Å². The molecule has 1 unspecified atom stereocenters. The number of halogens is 9. The number of carbonyl (C=O) groups is 1. The van der Waals surface area contributed by atoms with Gasteiger partial charge in [0, 0.05) is 40.2 Å². The van der Waals surface area contributed by atoms with Gasteiger partial charge in [-0.15, -0.1) is 0 Å². The van der Waals surface area contributed by atoms with Crippen molar-refractivity contribution in [1.29, 1.82) is 0 Å². The molecule has 1 aromatic rings. The Labute approximate surface area is 247 Å². The third kappa shape index (κ3) is 9.10. The highest BCUT2D eigenvalue weighted by molar-refractivity contribution is 6.60. The summed E-state index contributed by atoms with van der Waals surface area (Å²) in [5.74, 6) is -21.0. The summed E-state index contributed by atoms with van der Waals surface area (Å²) in [7, 11) is 2.51. The first kappa shape index (κ1) is 39.2. The Balaban J connectivity index is 2.94. The summed E-state index contributed by atoms with van der Waals surface area (Å²) >= 11 is 0. The van der Waals surface area contributed by atoms with E-state index >= 15 is 0 Å². The standard InChI is InChI=1S/C24H32F9NO9Si/c1-15(43-20(35)9-6-7-12-44(39-3,40-4)41-5)16-13-18(38-2)19(14-17(16)34(36)37)42-11-8-10-21(25,26)22(27,28)23(29,30)24(31,32)33/h13-15H,6-12H2,1-5H3. The van der Waals surface area contributed by atoms with Crippen LogP contribution < -0.4 is 9.47 Å². The highest BCUT2D eigenvalue weighted by Gasteiger charge is 2.81. The van der Waals surface area contributed by atoms with Crippen molar-refractivity contribution in [3.63, 3.8) is 0 Å². The molecule has 0 aliphatic heterocycles. The lowest BCUT2D eigenvalue weighted by atomic mass is 10.00. The van der Waals surface area contributed by atoms with Crippen molar-refractivity contribution in [2.75, 3.05) is 35.0 Å². The molecule has 10 nitrogen and oxygen atoms in total. The van der Waals surface area contributed by atoms with Gasteiger partial charge in [0.25, 0.3) is 5.69 Å². The van der Waals surface area contributed by atoms with Crippen molar-refractivity contribution in [3.05, 3.63) is 27.8 Å². The number of nitro benzene ring substituents is 1. The topological polar surface area (TPSA) is 116 Å². The molecule has 0 heterocycles. The zero-order valence-electron chi connectivity index (χ0n) is 24.2. The van der Waals surface area contributed by atoms with Crippen molar-refractivity contribution >= 4 is 20.5 Å². The van der Waals surface area contributed by atoms with Crippen LogP contribution in [0.2, 0.25) is 6.04 Å². The monoisotopic (exact) mass is 677 g/mol. The fourth-order valence-corrected chi connectivity index (χ4v) is 5.64. The molecule has 20 heteroatoms. The van der Waals surface area contributed by atoms with Gasteiger partial charge in [-0.05, 0) is 32.3 Å². The normalized spacial score (nSPS) is 13.9. The summed E-state index contributed by atoms with van der Waals surface area (Å²) < 4.78 is 149. The van der Waals surface area contributed by atoms with Gasteiger partial charge < -0.3 is 27.5 Å². The van der Waals surface area contributed by atoms with E-state index in [1.54, 1.807) is 0 Å². The molecule has 0 bridgehead atoms. The number of esters is 1. The maximum Gasteiger partial charge on any atom is 0.500 e. The molecule has 0 fully saturated rings.